The van der Waals surface area contributed by atoms with Gasteiger partial charge in [0.2, 0.25) is 0 Å². The standard InChI is InChI=1S/C14H25N5O2/c1-3-8-19-10-15-18-12(19)11(2)16-13(21)17-14(9-20)6-4-5-7-14/h10-11,20H,3-9H2,1-2H3,(H2,16,17,21). The van der Waals surface area contributed by atoms with Gasteiger partial charge in [-0.1, -0.05) is 19.8 Å². The van der Waals surface area contributed by atoms with Gasteiger partial charge in [0.25, 0.3) is 0 Å². The monoisotopic (exact) mass is 295 g/mol. The van der Waals surface area contributed by atoms with Crippen LogP contribution in [0.5, 0.6) is 0 Å². The molecule has 3 N–H and O–H groups in total. The zero-order valence-corrected chi connectivity index (χ0v) is 12.8. The van der Waals surface area contributed by atoms with Crippen molar-refractivity contribution >= 4 is 6.03 Å². The summed E-state index contributed by atoms with van der Waals surface area (Å²) in [5.74, 6) is 0.747. The quantitative estimate of drug-likeness (QED) is 0.738. The number of amides is 2. The predicted molar refractivity (Wildman–Crippen MR) is 78.7 cm³/mol. The molecule has 1 atom stereocenters. The number of aliphatic hydroxyl groups is 1. The minimum absolute atomic E-state index is 0.0131. The van der Waals surface area contributed by atoms with Crippen LogP contribution in [0.15, 0.2) is 6.33 Å². The Morgan fingerprint density at radius 1 is 1.52 bits per heavy atom. The van der Waals surface area contributed by atoms with E-state index in [9.17, 15) is 9.90 Å². The molecular weight excluding hydrogens is 270 g/mol. The number of hydrogen-bond donors (Lipinski definition) is 3. The van der Waals surface area contributed by atoms with Gasteiger partial charge in [0.1, 0.15) is 6.33 Å². The lowest BCUT2D eigenvalue weighted by Crippen LogP contribution is -2.53. The first-order valence-electron chi connectivity index (χ1n) is 7.67. The highest BCUT2D eigenvalue weighted by atomic mass is 16.3. The van der Waals surface area contributed by atoms with E-state index in [1.807, 2.05) is 11.5 Å². The maximum Gasteiger partial charge on any atom is 0.315 e. The molecule has 0 saturated heterocycles. The van der Waals surface area contributed by atoms with Gasteiger partial charge in [-0.3, -0.25) is 0 Å². The van der Waals surface area contributed by atoms with Crippen molar-refractivity contribution in [3.8, 4) is 0 Å². The van der Waals surface area contributed by atoms with Crippen LogP contribution in [0.25, 0.3) is 0 Å². The molecule has 1 heterocycles. The van der Waals surface area contributed by atoms with Crippen molar-refractivity contribution in [2.24, 2.45) is 0 Å². The minimum Gasteiger partial charge on any atom is -0.394 e. The average Bonchev–Trinajstić information content (AvgIpc) is 3.09. The lowest BCUT2D eigenvalue weighted by atomic mass is 9.99. The number of aromatic nitrogens is 3. The second-order valence-electron chi connectivity index (χ2n) is 5.85. The van der Waals surface area contributed by atoms with Crippen LogP contribution in [0.4, 0.5) is 4.79 Å². The maximum absolute atomic E-state index is 12.1. The largest absolute Gasteiger partial charge is 0.394 e. The van der Waals surface area contributed by atoms with Gasteiger partial charge >= 0.3 is 6.03 Å². The van der Waals surface area contributed by atoms with Crippen molar-refractivity contribution < 1.29 is 9.90 Å². The van der Waals surface area contributed by atoms with Crippen LogP contribution in [-0.4, -0.2) is 38.0 Å². The van der Waals surface area contributed by atoms with Crippen molar-refractivity contribution in [3.63, 3.8) is 0 Å². The minimum atomic E-state index is -0.457. The molecule has 1 aliphatic carbocycles. The summed E-state index contributed by atoms with van der Waals surface area (Å²) in [5, 5.41) is 23.3. The van der Waals surface area contributed by atoms with E-state index in [0.29, 0.717) is 0 Å². The third kappa shape index (κ3) is 3.72. The van der Waals surface area contributed by atoms with Crippen LogP contribution in [0.1, 0.15) is 57.8 Å². The molecule has 1 fully saturated rings. The Labute approximate surface area is 125 Å². The summed E-state index contributed by atoms with van der Waals surface area (Å²) < 4.78 is 1.95. The molecule has 7 nitrogen and oxygen atoms in total. The molecule has 0 radical (unpaired) electrons. The first kappa shape index (κ1) is 15.8. The molecule has 0 bridgehead atoms. The van der Waals surface area contributed by atoms with E-state index >= 15 is 0 Å². The van der Waals surface area contributed by atoms with Gasteiger partial charge in [0.15, 0.2) is 5.82 Å². The van der Waals surface area contributed by atoms with Crippen molar-refractivity contribution in [1.82, 2.24) is 25.4 Å². The fourth-order valence-corrected chi connectivity index (χ4v) is 2.92. The molecule has 7 heteroatoms. The van der Waals surface area contributed by atoms with Crippen LogP contribution < -0.4 is 10.6 Å². The Morgan fingerprint density at radius 2 is 2.24 bits per heavy atom. The smallest absolute Gasteiger partial charge is 0.315 e. The number of nitrogens with zero attached hydrogens (tertiary/aromatic N) is 3. The zero-order chi connectivity index (χ0) is 15.3. The normalized spacial score (nSPS) is 18.4. The van der Waals surface area contributed by atoms with Gasteiger partial charge in [-0.15, -0.1) is 10.2 Å². The van der Waals surface area contributed by atoms with Gasteiger partial charge in [-0.2, -0.15) is 0 Å². The molecule has 2 amide bonds. The zero-order valence-electron chi connectivity index (χ0n) is 12.8. The molecule has 1 unspecified atom stereocenters. The van der Waals surface area contributed by atoms with Gasteiger partial charge < -0.3 is 20.3 Å². The first-order valence-corrected chi connectivity index (χ1v) is 7.67. The molecule has 2 rings (SSSR count). The van der Waals surface area contributed by atoms with E-state index < -0.39 is 5.54 Å². The summed E-state index contributed by atoms with van der Waals surface area (Å²) in [7, 11) is 0. The van der Waals surface area contributed by atoms with Crippen LogP contribution in [0.3, 0.4) is 0 Å². The van der Waals surface area contributed by atoms with E-state index in [-0.39, 0.29) is 18.7 Å². The Balaban J connectivity index is 1.94. The van der Waals surface area contributed by atoms with Gasteiger partial charge in [0, 0.05) is 6.54 Å². The highest BCUT2D eigenvalue weighted by Gasteiger charge is 2.35. The van der Waals surface area contributed by atoms with E-state index in [1.165, 1.54) is 0 Å². The van der Waals surface area contributed by atoms with Crippen LogP contribution in [0.2, 0.25) is 0 Å². The third-order valence-corrected chi connectivity index (χ3v) is 4.09. The number of rotatable bonds is 6. The van der Waals surface area contributed by atoms with E-state index in [1.54, 1.807) is 6.33 Å². The molecule has 0 spiro atoms. The van der Waals surface area contributed by atoms with Crippen molar-refractivity contribution in [2.45, 2.75) is 64.1 Å². The molecule has 1 aromatic heterocycles. The van der Waals surface area contributed by atoms with Crippen molar-refractivity contribution in [2.75, 3.05) is 6.61 Å². The fraction of sp³-hybridized carbons (Fsp3) is 0.786. The summed E-state index contributed by atoms with van der Waals surface area (Å²) in [5.41, 5.74) is -0.457. The topological polar surface area (TPSA) is 92.1 Å². The molecule has 118 valence electrons. The number of aryl methyl sites for hydroxylation is 1. The van der Waals surface area contributed by atoms with E-state index in [0.717, 1.165) is 44.5 Å². The number of urea groups is 1. The van der Waals surface area contributed by atoms with E-state index in [2.05, 4.69) is 27.8 Å². The number of carbonyl (C=O) groups excluding carboxylic acids is 1. The molecule has 21 heavy (non-hydrogen) atoms. The van der Waals surface area contributed by atoms with Gasteiger partial charge in [-0.05, 0) is 26.2 Å². The van der Waals surface area contributed by atoms with Gasteiger partial charge in [0.05, 0.1) is 18.2 Å². The summed E-state index contributed by atoms with van der Waals surface area (Å²) in [4.78, 5) is 12.1. The molecule has 0 aliphatic heterocycles. The highest BCUT2D eigenvalue weighted by molar-refractivity contribution is 5.75. The molecule has 1 aromatic rings. The Hall–Kier alpha value is -1.63. The van der Waals surface area contributed by atoms with Crippen molar-refractivity contribution in [3.05, 3.63) is 12.2 Å². The maximum atomic E-state index is 12.1. The Morgan fingerprint density at radius 3 is 2.86 bits per heavy atom. The molecule has 1 saturated carbocycles. The fourth-order valence-electron chi connectivity index (χ4n) is 2.92. The summed E-state index contributed by atoms with van der Waals surface area (Å²) in [6.07, 6.45) is 6.41. The SMILES string of the molecule is CCCn1cnnc1C(C)NC(=O)NC1(CO)CCCC1. The lowest BCUT2D eigenvalue weighted by Gasteiger charge is -2.28. The third-order valence-electron chi connectivity index (χ3n) is 4.09. The first-order chi connectivity index (χ1) is 10.1. The second-order valence-corrected chi connectivity index (χ2v) is 5.85. The van der Waals surface area contributed by atoms with E-state index in [4.69, 9.17) is 0 Å². The molecular formula is C14H25N5O2. The molecule has 0 aromatic carbocycles. The second kappa shape index (κ2) is 6.89. The predicted octanol–water partition coefficient (Wildman–Crippen LogP) is 1.35. The van der Waals surface area contributed by atoms with Crippen LogP contribution in [0, 0.1) is 0 Å². The number of nitrogens with one attached hydrogen (secondary N) is 2. The van der Waals surface area contributed by atoms with Crippen molar-refractivity contribution in [1.29, 1.82) is 0 Å². The number of carbonyl (C=O) groups is 1. The Bertz CT molecular complexity index is 468. The summed E-state index contributed by atoms with van der Waals surface area (Å²) in [6.45, 7) is 4.78. The van der Waals surface area contributed by atoms with Crippen LogP contribution in [-0.2, 0) is 6.54 Å². The number of hydrogen-bond acceptors (Lipinski definition) is 4. The Kier molecular flexibility index (Phi) is 5.17. The molecule has 1 aliphatic rings. The summed E-state index contributed by atoms with van der Waals surface area (Å²) in [6, 6.07) is -0.485. The summed E-state index contributed by atoms with van der Waals surface area (Å²) >= 11 is 0. The highest BCUT2D eigenvalue weighted by Crippen LogP contribution is 2.29. The lowest BCUT2D eigenvalue weighted by molar-refractivity contribution is 0.161. The van der Waals surface area contributed by atoms with Crippen LogP contribution >= 0.6 is 0 Å². The van der Waals surface area contributed by atoms with Gasteiger partial charge in [-0.25, -0.2) is 4.79 Å². The number of aliphatic hydroxyl groups excluding tert-OH is 1. The average molecular weight is 295 g/mol.